The minimum absolute atomic E-state index is 0.256. The van der Waals surface area contributed by atoms with E-state index in [4.69, 9.17) is 5.11 Å². The number of amidine groups is 1. The Labute approximate surface area is 124 Å². The Bertz CT molecular complexity index is 594. The van der Waals surface area contributed by atoms with Gasteiger partial charge in [-0.05, 0) is 41.8 Å². The number of carboxylic acid groups (broad SMARTS) is 1. The fourth-order valence-corrected chi connectivity index (χ4v) is 2.72. The molecule has 0 aliphatic carbocycles. The van der Waals surface area contributed by atoms with E-state index in [1.807, 2.05) is 30.5 Å². The lowest BCUT2D eigenvalue weighted by atomic mass is 10.2. The molecule has 5 nitrogen and oxygen atoms in total. The van der Waals surface area contributed by atoms with Crippen LogP contribution in [0.3, 0.4) is 0 Å². The van der Waals surface area contributed by atoms with Crippen molar-refractivity contribution in [1.82, 2.24) is 5.32 Å². The molecule has 0 spiro atoms. The van der Waals surface area contributed by atoms with E-state index < -0.39 is 5.97 Å². The minimum atomic E-state index is -1.03. The van der Waals surface area contributed by atoms with Crippen LogP contribution in [-0.4, -0.2) is 35.0 Å². The van der Waals surface area contributed by atoms with E-state index in [1.165, 1.54) is 0 Å². The Morgan fingerprint density at radius 3 is 2.75 bits per heavy atom. The molecule has 0 atom stereocenters. The number of hydrogen-bond donors (Lipinski definition) is 2. The van der Waals surface area contributed by atoms with Gasteiger partial charge in [0.1, 0.15) is 6.54 Å². The summed E-state index contributed by atoms with van der Waals surface area (Å²) < 4.78 is 0. The van der Waals surface area contributed by atoms with Gasteiger partial charge in [0.15, 0.2) is 5.17 Å². The molecule has 1 aromatic rings. The average Bonchev–Trinajstić information content (AvgIpc) is 2.78. The van der Waals surface area contributed by atoms with E-state index in [-0.39, 0.29) is 12.5 Å². The van der Waals surface area contributed by atoms with Crippen molar-refractivity contribution in [2.75, 3.05) is 12.8 Å². The highest BCUT2D eigenvalue weighted by molar-refractivity contribution is 8.18. The van der Waals surface area contributed by atoms with Gasteiger partial charge >= 0.3 is 5.97 Å². The zero-order valence-corrected chi connectivity index (χ0v) is 12.3. The number of rotatable bonds is 4. The van der Waals surface area contributed by atoms with Crippen LogP contribution >= 0.6 is 23.5 Å². The number of carbonyl (C=O) groups excluding carboxylic acids is 1. The molecule has 1 saturated heterocycles. The molecular formula is C13H12N2O3S2. The molecule has 2 N–H and O–H groups in total. The lowest BCUT2D eigenvalue weighted by molar-refractivity contribution is -0.135. The first-order chi connectivity index (χ1) is 9.58. The maximum Gasteiger partial charge on any atom is 0.325 e. The minimum Gasteiger partial charge on any atom is -0.480 e. The summed E-state index contributed by atoms with van der Waals surface area (Å²) in [5, 5.41) is 11.4. The third kappa shape index (κ3) is 3.88. The number of carbonyl (C=O) groups is 2. The van der Waals surface area contributed by atoms with Gasteiger partial charge in [-0.15, -0.1) is 11.8 Å². The first kappa shape index (κ1) is 14.7. The molecule has 0 aromatic heterocycles. The second kappa shape index (κ2) is 6.62. The highest BCUT2D eigenvalue weighted by Crippen LogP contribution is 2.26. The van der Waals surface area contributed by atoms with Crippen molar-refractivity contribution in [3.8, 4) is 0 Å². The Hall–Kier alpha value is -1.73. The summed E-state index contributed by atoms with van der Waals surface area (Å²) in [6, 6.07) is 7.82. The number of carboxylic acids is 1. The van der Waals surface area contributed by atoms with Crippen molar-refractivity contribution < 1.29 is 14.7 Å². The van der Waals surface area contributed by atoms with Gasteiger partial charge in [-0.1, -0.05) is 12.1 Å². The third-order valence-electron chi connectivity index (χ3n) is 2.42. The first-order valence-corrected chi connectivity index (χ1v) is 7.74. The van der Waals surface area contributed by atoms with Crippen LogP contribution in [0.4, 0.5) is 0 Å². The number of aliphatic carboxylic acids is 1. The van der Waals surface area contributed by atoms with E-state index in [2.05, 4.69) is 10.3 Å². The quantitative estimate of drug-likeness (QED) is 0.657. The van der Waals surface area contributed by atoms with E-state index in [0.29, 0.717) is 10.1 Å². The Morgan fingerprint density at radius 2 is 2.15 bits per heavy atom. The number of nitrogens with one attached hydrogen (secondary N) is 1. The summed E-state index contributed by atoms with van der Waals surface area (Å²) in [6.07, 6.45) is 3.76. The summed E-state index contributed by atoms with van der Waals surface area (Å²) in [7, 11) is 0. The number of benzene rings is 1. The number of aliphatic imine (C=N–C) groups is 1. The highest BCUT2D eigenvalue weighted by Gasteiger charge is 2.23. The predicted molar refractivity (Wildman–Crippen MR) is 81.9 cm³/mol. The lowest BCUT2D eigenvalue weighted by Gasteiger charge is -1.97. The molecule has 0 bridgehead atoms. The molecular weight excluding hydrogens is 296 g/mol. The normalized spacial score (nSPS) is 18.6. The van der Waals surface area contributed by atoms with E-state index >= 15 is 0 Å². The Kier molecular flexibility index (Phi) is 4.86. The smallest absolute Gasteiger partial charge is 0.325 e. The van der Waals surface area contributed by atoms with Crippen molar-refractivity contribution in [3.63, 3.8) is 0 Å². The largest absolute Gasteiger partial charge is 0.480 e. The summed E-state index contributed by atoms with van der Waals surface area (Å²) in [4.78, 5) is 27.6. The third-order valence-corrected chi connectivity index (χ3v) is 4.11. The van der Waals surface area contributed by atoms with Crippen LogP contribution in [0.15, 0.2) is 39.1 Å². The molecule has 2 rings (SSSR count). The van der Waals surface area contributed by atoms with Gasteiger partial charge in [0.25, 0.3) is 5.91 Å². The van der Waals surface area contributed by atoms with Crippen LogP contribution in [0.25, 0.3) is 6.08 Å². The van der Waals surface area contributed by atoms with Gasteiger partial charge in [0.05, 0.1) is 4.91 Å². The summed E-state index contributed by atoms with van der Waals surface area (Å²) in [5.41, 5.74) is 0.917. The van der Waals surface area contributed by atoms with Crippen LogP contribution < -0.4 is 5.32 Å². The van der Waals surface area contributed by atoms with Gasteiger partial charge in [0.2, 0.25) is 0 Å². The van der Waals surface area contributed by atoms with Gasteiger partial charge in [-0.2, -0.15) is 0 Å². The zero-order valence-electron chi connectivity index (χ0n) is 10.6. The highest BCUT2D eigenvalue weighted by atomic mass is 32.2. The molecule has 1 heterocycles. The summed E-state index contributed by atoms with van der Waals surface area (Å²) in [5.74, 6) is -1.29. The van der Waals surface area contributed by atoms with E-state index in [1.54, 1.807) is 17.8 Å². The SMILES string of the molecule is CSc1ccc(/C=C2/SC(=NCC(=O)O)NC2=O)cc1. The van der Waals surface area contributed by atoms with Crippen LogP contribution in [0.5, 0.6) is 0 Å². The van der Waals surface area contributed by atoms with Crippen molar-refractivity contribution >= 4 is 46.6 Å². The summed E-state index contributed by atoms with van der Waals surface area (Å²) >= 11 is 2.80. The fraction of sp³-hybridized carbons (Fsp3) is 0.154. The predicted octanol–water partition coefficient (Wildman–Crippen LogP) is 2.05. The van der Waals surface area contributed by atoms with Gasteiger partial charge in [0, 0.05) is 4.90 Å². The fourth-order valence-electron chi connectivity index (χ4n) is 1.49. The molecule has 1 aromatic carbocycles. The first-order valence-electron chi connectivity index (χ1n) is 5.69. The molecule has 1 fully saturated rings. The summed E-state index contributed by atoms with van der Waals surface area (Å²) in [6.45, 7) is -0.349. The van der Waals surface area contributed by atoms with Gasteiger partial charge in [-0.3, -0.25) is 14.6 Å². The number of nitrogens with zero attached hydrogens (tertiary/aromatic N) is 1. The van der Waals surface area contributed by atoms with E-state index in [9.17, 15) is 9.59 Å². The molecule has 1 amide bonds. The van der Waals surface area contributed by atoms with Crippen LogP contribution in [0, 0.1) is 0 Å². The molecule has 104 valence electrons. The molecule has 7 heteroatoms. The Balaban J connectivity index is 2.12. The maximum atomic E-state index is 11.7. The molecule has 0 unspecified atom stereocenters. The number of hydrogen-bond acceptors (Lipinski definition) is 5. The van der Waals surface area contributed by atoms with Gasteiger partial charge < -0.3 is 10.4 Å². The van der Waals surface area contributed by atoms with Crippen molar-refractivity contribution in [2.45, 2.75) is 4.90 Å². The maximum absolute atomic E-state index is 11.7. The zero-order chi connectivity index (χ0) is 14.5. The van der Waals surface area contributed by atoms with Crippen molar-refractivity contribution in [2.24, 2.45) is 4.99 Å². The van der Waals surface area contributed by atoms with Crippen molar-refractivity contribution in [1.29, 1.82) is 0 Å². The topological polar surface area (TPSA) is 78.8 Å². The number of thioether (sulfide) groups is 2. The van der Waals surface area contributed by atoms with Crippen molar-refractivity contribution in [3.05, 3.63) is 34.7 Å². The van der Waals surface area contributed by atoms with Crippen LogP contribution in [-0.2, 0) is 9.59 Å². The molecule has 0 saturated carbocycles. The standard InChI is InChI=1S/C13H12N2O3S2/c1-19-9-4-2-8(3-5-9)6-10-12(18)15-13(20-10)14-7-11(16)17/h2-6H,7H2,1H3,(H,16,17)(H,14,15,18)/b10-6+. The molecule has 1 aliphatic rings. The molecule has 20 heavy (non-hydrogen) atoms. The average molecular weight is 308 g/mol. The van der Waals surface area contributed by atoms with Gasteiger partial charge in [-0.25, -0.2) is 0 Å². The monoisotopic (exact) mass is 308 g/mol. The lowest BCUT2D eigenvalue weighted by Crippen LogP contribution is -2.20. The number of amides is 1. The van der Waals surface area contributed by atoms with E-state index in [0.717, 1.165) is 22.2 Å². The second-order valence-electron chi connectivity index (χ2n) is 3.85. The van der Waals surface area contributed by atoms with Crippen LogP contribution in [0.1, 0.15) is 5.56 Å². The van der Waals surface area contributed by atoms with Crippen LogP contribution in [0.2, 0.25) is 0 Å². The Morgan fingerprint density at radius 1 is 1.45 bits per heavy atom. The second-order valence-corrected chi connectivity index (χ2v) is 5.76. The molecule has 1 aliphatic heterocycles. The molecule has 0 radical (unpaired) electrons.